The van der Waals surface area contributed by atoms with Crippen LogP contribution in [0.3, 0.4) is 0 Å². The van der Waals surface area contributed by atoms with Crippen LogP contribution in [0.1, 0.15) is 45.6 Å². The molecule has 0 fully saturated rings. The van der Waals surface area contributed by atoms with Crippen molar-refractivity contribution in [3.05, 3.63) is 48.6 Å². The Balaban J connectivity index is 3.39. The van der Waals surface area contributed by atoms with Crippen LogP contribution in [-0.4, -0.2) is 24.1 Å². The zero-order chi connectivity index (χ0) is 19.7. The highest BCUT2D eigenvalue weighted by molar-refractivity contribution is 5.80. The van der Waals surface area contributed by atoms with E-state index < -0.39 is 35.3 Å². The fraction of sp³-hybridized carbons (Fsp3) is 0.476. The van der Waals surface area contributed by atoms with Crippen LogP contribution in [0.25, 0.3) is 0 Å². The van der Waals surface area contributed by atoms with Crippen LogP contribution < -0.4 is 0 Å². The number of hydrogen-bond acceptors (Lipinski definition) is 5. The Morgan fingerprint density at radius 2 is 1.85 bits per heavy atom. The molecule has 0 saturated heterocycles. The van der Waals surface area contributed by atoms with Crippen molar-refractivity contribution in [3.8, 4) is 6.07 Å². The molecular formula is C21H27NO4. The molecule has 26 heavy (non-hydrogen) atoms. The van der Waals surface area contributed by atoms with Crippen molar-refractivity contribution in [1.82, 2.24) is 0 Å². The van der Waals surface area contributed by atoms with Gasteiger partial charge in [-0.05, 0) is 39.7 Å². The van der Waals surface area contributed by atoms with Gasteiger partial charge in [-0.2, -0.15) is 5.26 Å². The zero-order valence-electron chi connectivity index (χ0n) is 15.9. The Labute approximate surface area is 155 Å². The van der Waals surface area contributed by atoms with E-state index >= 15 is 0 Å². The highest BCUT2D eigenvalue weighted by atomic mass is 16.6. The number of benzene rings is 1. The van der Waals surface area contributed by atoms with E-state index in [4.69, 9.17) is 9.47 Å². The zero-order valence-corrected chi connectivity index (χ0v) is 15.9. The van der Waals surface area contributed by atoms with Crippen molar-refractivity contribution in [2.45, 2.75) is 45.6 Å². The standard InChI is InChI=1S/C21H27NO4/c1-6-11-16(20(24)26-21(3,4)5)18(15-12-9-8-10-13-15)17(14-22)19(23)25-7-2/h6,8-10,12-13,16-18H,1,7,11H2,2-5H3/t16-,17?,18+/m0/s1. The predicted molar refractivity (Wildman–Crippen MR) is 99.1 cm³/mol. The molecule has 0 aliphatic carbocycles. The van der Waals surface area contributed by atoms with Gasteiger partial charge in [0.1, 0.15) is 5.60 Å². The van der Waals surface area contributed by atoms with Gasteiger partial charge in [-0.15, -0.1) is 6.58 Å². The maximum Gasteiger partial charge on any atom is 0.323 e. The number of nitriles is 1. The molecule has 0 aliphatic rings. The molecule has 1 aromatic carbocycles. The molecule has 1 unspecified atom stereocenters. The van der Waals surface area contributed by atoms with Gasteiger partial charge in [0.05, 0.1) is 18.6 Å². The molecule has 0 aromatic heterocycles. The SMILES string of the molecule is C=CC[C@H](C(=O)OC(C)(C)C)[C@@H](c1ccccc1)C(C#N)C(=O)OCC. The molecule has 1 aromatic rings. The first-order valence-corrected chi connectivity index (χ1v) is 8.70. The number of carbonyl (C=O) groups excluding carboxylic acids is 2. The third-order valence-corrected chi connectivity index (χ3v) is 3.79. The van der Waals surface area contributed by atoms with E-state index in [1.807, 2.05) is 24.3 Å². The van der Waals surface area contributed by atoms with Crippen LogP contribution in [0.15, 0.2) is 43.0 Å². The third-order valence-electron chi connectivity index (χ3n) is 3.79. The van der Waals surface area contributed by atoms with E-state index in [1.54, 1.807) is 45.9 Å². The second-order valence-electron chi connectivity index (χ2n) is 6.96. The largest absolute Gasteiger partial charge is 0.465 e. The van der Waals surface area contributed by atoms with E-state index in [1.165, 1.54) is 0 Å². The van der Waals surface area contributed by atoms with E-state index in [0.29, 0.717) is 5.56 Å². The highest BCUT2D eigenvalue weighted by Gasteiger charge is 2.41. The van der Waals surface area contributed by atoms with E-state index in [0.717, 1.165) is 0 Å². The fourth-order valence-electron chi connectivity index (χ4n) is 2.79. The smallest absolute Gasteiger partial charge is 0.323 e. The molecule has 5 heteroatoms. The molecule has 1 rings (SSSR count). The summed E-state index contributed by atoms with van der Waals surface area (Å²) in [6.07, 6.45) is 1.89. The summed E-state index contributed by atoms with van der Waals surface area (Å²) >= 11 is 0. The summed E-state index contributed by atoms with van der Waals surface area (Å²) in [5.74, 6) is -3.62. The lowest BCUT2D eigenvalue weighted by Gasteiger charge is -2.30. The van der Waals surface area contributed by atoms with Crippen molar-refractivity contribution < 1.29 is 19.1 Å². The monoisotopic (exact) mass is 357 g/mol. The Morgan fingerprint density at radius 3 is 2.31 bits per heavy atom. The number of ether oxygens (including phenoxy) is 2. The molecule has 0 heterocycles. The highest BCUT2D eigenvalue weighted by Crippen LogP contribution is 2.37. The van der Waals surface area contributed by atoms with Crippen LogP contribution >= 0.6 is 0 Å². The minimum absolute atomic E-state index is 0.164. The van der Waals surface area contributed by atoms with Gasteiger partial charge in [-0.3, -0.25) is 9.59 Å². The van der Waals surface area contributed by atoms with Crippen molar-refractivity contribution in [1.29, 1.82) is 5.26 Å². The Morgan fingerprint density at radius 1 is 1.23 bits per heavy atom. The Bertz CT molecular complexity index is 655. The summed E-state index contributed by atoms with van der Waals surface area (Å²) in [5.41, 5.74) is 0.0360. The van der Waals surface area contributed by atoms with Crippen molar-refractivity contribution in [2.24, 2.45) is 11.8 Å². The van der Waals surface area contributed by atoms with E-state index in [-0.39, 0.29) is 13.0 Å². The minimum Gasteiger partial charge on any atom is -0.465 e. The first-order valence-electron chi connectivity index (χ1n) is 8.70. The Hall–Kier alpha value is -2.61. The lowest BCUT2D eigenvalue weighted by molar-refractivity contribution is -0.162. The molecule has 0 radical (unpaired) electrons. The average Bonchev–Trinajstić information content (AvgIpc) is 2.57. The summed E-state index contributed by atoms with van der Waals surface area (Å²) in [5, 5.41) is 9.66. The number of nitrogens with zero attached hydrogens (tertiary/aromatic N) is 1. The van der Waals surface area contributed by atoms with Crippen molar-refractivity contribution in [2.75, 3.05) is 6.61 Å². The van der Waals surface area contributed by atoms with Gasteiger partial charge in [0, 0.05) is 5.92 Å². The number of allylic oxidation sites excluding steroid dienone is 1. The molecule has 0 saturated carbocycles. The molecular weight excluding hydrogens is 330 g/mol. The minimum atomic E-state index is -1.12. The summed E-state index contributed by atoms with van der Waals surface area (Å²) < 4.78 is 10.6. The first-order chi connectivity index (χ1) is 12.2. The third kappa shape index (κ3) is 6.03. The summed E-state index contributed by atoms with van der Waals surface area (Å²) in [4.78, 5) is 25.2. The lowest BCUT2D eigenvalue weighted by atomic mass is 9.75. The van der Waals surface area contributed by atoms with Gasteiger partial charge in [0.15, 0.2) is 5.92 Å². The van der Waals surface area contributed by atoms with Crippen LogP contribution in [0, 0.1) is 23.2 Å². The summed E-state index contributed by atoms with van der Waals surface area (Å²) in [7, 11) is 0. The quantitative estimate of drug-likeness (QED) is 0.519. The first kappa shape index (κ1) is 21.4. The molecule has 3 atom stereocenters. The summed E-state index contributed by atoms with van der Waals surface area (Å²) in [6, 6.07) is 11.1. The van der Waals surface area contributed by atoms with Gasteiger partial charge in [-0.1, -0.05) is 36.4 Å². The number of carbonyl (C=O) groups is 2. The lowest BCUT2D eigenvalue weighted by Crippen LogP contribution is -2.36. The second kappa shape index (κ2) is 9.76. The van der Waals surface area contributed by atoms with Crippen LogP contribution in [0.4, 0.5) is 0 Å². The molecule has 140 valence electrons. The molecule has 0 N–H and O–H groups in total. The maximum atomic E-state index is 12.8. The van der Waals surface area contributed by atoms with Gasteiger partial charge in [0.2, 0.25) is 0 Å². The predicted octanol–water partition coefficient (Wildman–Crippen LogP) is 4.01. The van der Waals surface area contributed by atoms with Crippen LogP contribution in [0.2, 0.25) is 0 Å². The molecule has 0 bridgehead atoms. The normalized spacial score (nSPS) is 14.4. The van der Waals surface area contributed by atoms with E-state index in [2.05, 4.69) is 6.58 Å². The van der Waals surface area contributed by atoms with Gasteiger partial charge in [-0.25, -0.2) is 0 Å². The van der Waals surface area contributed by atoms with Gasteiger partial charge < -0.3 is 9.47 Å². The molecule has 0 amide bonds. The molecule has 0 aliphatic heterocycles. The van der Waals surface area contributed by atoms with Crippen molar-refractivity contribution in [3.63, 3.8) is 0 Å². The van der Waals surface area contributed by atoms with Crippen LogP contribution in [0.5, 0.6) is 0 Å². The topological polar surface area (TPSA) is 76.4 Å². The van der Waals surface area contributed by atoms with Crippen LogP contribution in [-0.2, 0) is 19.1 Å². The van der Waals surface area contributed by atoms with Crippen molar-refractivity contribution >= 4 is 11.9 Å². The second-order valence-corrected chi connectivity index (χ2v) is 6.96. The molecule has 5 nitrogen and oxygen atoms in total. The average molecular weight is 357 g/mol. The van der Waals surface area contributed by atoms with Gasteiger partial charge in [0.25, 0.3) is 0 Å². The number of hydrogen-bond donors (Lipinski definition) is 0. The fourth-order valence-corrected chi connectivity index (χ4v) is 2.79. The number of rotatable bonds is 8. The summed E-state index contributed by atoms with van der Waals surface area (Å²) in [6.45, 7) is 10.9. The maximum absolute atomic E-state index is 12.8. The van der Waals surface area contributed by atoms with E-state index in [9.17, 15) is 14.9 Å². The number of esters is 2. The van der Waals surface area contributed by atoms with Gasteiger partial charge >= 0.3 is 11.9 Å². The molecule has 0 spiro atoms. The Kier molecular flexibility index (Phi) is 8.05.